The lowest BCUT2D eigenvalue weighted by Gasteiger charge is -2.39. The molecule has 0 aromatic heterocycles. The molecule has 0 spiro atoms. The van der Waals surface area contributed by atoms with Gasteiger partial charge in [-0.1, -0.05) is 24.6 Å². The summed E-state index contributed by atoms with van der Waals surface area (Å²) in [4.78, 5) is 11.8. The summed E-state index contributed by atoms with van der Waals surface area (Å²) >= 11 is 5.88. The summed E-state index contributed by atoms with van der Waals surface area (Å²) in [6.07, 6.45) is 0. The zero-order chi connectivity index (χ0) is 21.7. The van der Waals surface area contributed by atoms with Crippen molar-refractivity contribution >= 4 is 33.3 Å². The van der Waals surface area contributed by atoms with Crippen LogP contribution >= 0.6 is 11.6 Å². The predicted molar refractivity (Wildman–Crippen MR) is 105 cm³/mol. The van der Waals surface area contributed by atoms with Crippen molar-refractivity contribution in [3.8, 4) is 0 Å². The van der Waals surface area contributed by atoms with Crippen LogP contribution in [0.15, 0.2) is 35.2 Å². The van der Waals surface area contributed by atoms with Gasteiger partial charge in [0.1, 0.15) is 23.4 Å². The molecule has 0 saturated heterocycles. The second kappa shape index (κ2) is 7.56. The van der Waals surface area contributed by atoms with Crippen LogP contribution in [0.4, 0.5) is 10.1 Å². The number of carboxylic acid groups (broad SMARTS) is 1. The van der Waals surface area contributed by atoms with Crippen molar-refractivity contribution in [2.45, 2.75) is 37.6 Å². The van der Waals surface area contributed by atoms with E-state index in [4.69, 9.17) is 11.6 Å². The Kier molecular flexibility index (Phi) is 5.61. The minimum atomic E-state index is -4.30. The van der Waals surface area contributed by atoms with Crippen LogP contribution in [0.2, 0.25) is 5.02 Å². The number of aryl methyl sites for hydroxylation is 1. The Morgan fingerprint density at radius 2 is 1.90 bits per heavy atom. The molecule has 29 heavy (non-hydrogen) atoms. The van der Waals surface area contributed by atoms with E-state index in [1.54, 1.807) is 19.9 Å². The van der Waals surface area contributed by atoms with Gasteiger partial charge in [0.25, 0.3) is 0 Å². The first-order chi connectivity index (χ1) is 13.5. The number of nitrogens with zero attached hydrogens (tertiary/aromatic N) is 2. The van der Waals surface area contributed by atoms with E-state index in [1.807, 2.05) is 0 Å². The van der Waals surface area contributed by atoms with Gasteiger partial charge in [-0.05, 0) is 54.8 Å². The maximum Gasteiger partial charge on any atom is 0.322 e. The van der Waals surface area contributed by atoms with Crippen LogP contribution in [0, 0.1) is 19.7 Å². The van der Waals surface area contributed by atoms with Gasteiger partial charge < -0.3 is 5.11 Å². The molecule has 2 N–H and O–H groups in total. The highest BCUT2D eigenvalue weighted by atomic mass is 35.5. The molecule has 2 aromatic rings. The number of hydrogen-bond acceptors (Lipinski definition) is 5. The average molecular weight is 443 g/mol. The first-order valence-electron chi connectivity index (χ1n) is 8.73. The highest BCUT2D eigenvalue weighted by Gasteiger charge is 2.45. The Morgan fingerprint density at radius 3 is 2.52 bits per heavy atom. The maximum atomic E-state index is 14.6. The maximum absolute atomic E-state index is 14.6. The number of hydroxylamine groups is 1. The van der Waals surface area contributed by atoms with Gasteiger partial charge in [-0.2, -0.15) is 4.31 Å². The fourth-order valence-corrected chi connectivity index (χ4v) is 5.59. The lowest BCUT2D eigenvalue weighted by molar-refractivity contribution is -0.142. The molecule has 7 nitrogen and oxygen atoms in total. The van der Waals surface area contributed by atoms with E-state index in [1.165, 1.54) is 31.2 Å². The number of carboxylic acids is 1. The van der Waals surface area contributed by atoms with Crippen LogP contribution in [-0.4, -0.2) is 41.7 Å². The fraction of sp³-hybridized carbons (Fsp3) is 0.316. The SMILES string of the molecule is Cc1ccc(F)c([C@@H](C)[C@@H](C(=O)O)N2CN(O)c3cc(Cl)ccc3S2(=O)=O)c1C. The summed E-state index contributed by atoms with van der Waals surface area (Å²) < 4.78 is 41.6. The molecular formula is C19H20ClFN2O5S. The summed E-state index contributed by atoms with van der Waals surface area (Å²) in [5.74, 6) is -3.09. The molecule has 1 aliphatic rings. The van der Waals surface area contributed by atoms with E-state index < -0.39 is 40.4 Å². The van der Waals surface area contributed by atoms with Crippen molar-refractivity contribution in [1.82, 2.24) is 4.31 Å². The lowest BCUT2D eigenvalue weighted by atomic mass is 9.87. The number of aliphatic carboxylic acids is 1. The predicted octanol–water partition coefficient (Wildman–Crippen LogP) is 3.51. The number of benzene rings is 2. The molecule has 2 atom stereocenters. The molecule has 0 bridgehead atoms. The average Bonchev–Trinajstić information content (AvgIpc) is 2.63. The molecule has 1 aliphatic heterocycles. The number of anilines is 1. The van der Waals surface area contributed by atoms with Gasteiger partial charge in [0.05, 0.1) is 5.69 Å². The quantitative estimate of drug-likeness (QED) is 0.751. The Bertz CT molecular complexity index is 1090. The highest BCUT2D eigenvalue weighted by molar-refractivity contribution is 7.89. The lowest BCUT2D eigenvalue weighted by Crippen LogP contribution is -2.54. The van der Waals surface area contributed by atoms with Gasteiger partial charge in [0, 0.05) is 10.9 Å². The molecule has 1 heterocycles. The zero-order valence-corrected chi connectivity index (χ0v) is 17.5. The van der Waals surface area contributed by atoms with Crippen LogP contribution in [0.3, 0.4) is 0 Å². The van der Waals surface area contributed by atoms with Gasteiger partial charge in [-0.3, -0.25) is 10.0 Å². The summed E-state index contributed by atoms with van der Waals surface area (Å²) in [6.45, 7) is 4.24. The van der Waals surface area contributed by atoms with Gasteiger partial charge in [-0.25, -0.2) is 17.9 Å². The van der Waals surface area contributed by atoms with Gasteiger partial charge in [0.2, 0.25) is 10.0 Å². The Balaban J connectivity index is 2.15. The van der Waals surface area contributed by atoms with E-state index in [0.717, 1.165) is 5.56 Å². The molecule has 0 radical (unpaired) electrons. The molecular weight excluding hydrogens is 423 g/mol. The van der Waals surface area contributed by atoms with E-state index in [9.17, 15) is 27.9 Å². The molecule has 2 aromatic carbocycles. The second-order valence-electron chi connectivity index (χ2n) is 7.02. The van der Waals surface area contributed by atoms with Crippen molar-refractivity contribution in [2.24, 2.45) is 0 Å². The second-order valence-corrected chi connectivity index (χ2v) is 9.32. The zero-order valence-electron chi connectivity index (χ0n) is 15.9. The highest BCUT2D eigenvalue weighted by Crippen LogP contribution is 2.39. The molecule has 0 unspecified atom stereocenters. The van der Waals surface area contributed by atoms with Crippen molar-refractivity contribution < 1.29 is 27.9 Å². The number of rotatable bonds is 4. The molecule has 0 saturated carbocycles. The first-order valence-corrected chi connectivity index (χ1v) is 10.5. The van der Waals surface area contributed by atoms with Crippen LogP contribution < -0.4 is 5.06 Å². The molecule has 10 heteroatoms. The van der Waals surface area contributed by atoms with E-state index in [0.29, 0.717) is 14.9 Å². The van der Waals surface area contributed by atoms with Crippen LogP contribution in [-0.2, 0) is 14.8 Å². The molecule has 0 fully saturated rings. The number of sulfonamides is 1. The summed E-state index contributed by atoms with van der Waals surface area (Å²) in [7, 11) is -4.30. The number of fused-ring (bicyclic) bond motifs is 1. The normalized spacial score (nSPS) is 18.2. The third-order valence-corrected chi connectivity index (χ3v) is 7.38. The van der Waals surface area contributed by atoms with Gasteiger partial charge in [-0.15, -0.1) is 0 Å². The monoisotopic (exact) mass is 442 g/mol. The molecule has 0 amide bonds. The smallest absolute Gasteiger partial charge is 0.322 e. The summed E-state index contributed by atoms with van der Waals surface area (Å²) in [6, 6.07) is 4.96. The van der Waals surface area contributed by atoms with Crippen LogP contribution in [0.1, 0.15) is 29.5 Å². The van der Waals surface area contributed by atoms with Gasteiger partial charge >= 0.3 is 5.97 Å². The Hall–Kier alpha value is -2.20. The summed E-state index contributed by atoms with van der Waals surface area (Å²) in [5, 5.41) is 21.0. The Morgan fingerprint density at radius 1 is 1.24 bits per heavy atom. The van der Waals surface area contributed by atoms with Crippen molar-refractivity contribution in [3.63, 3.8) is 0 Å². The topological polar surface area (TPSA) is 98.2 Å². The minimum absolute atomic E-state index is 0.0524. The number of halogens is 2. The van der Waals surface area contributed by atoms with Crippen molar-refractivity contribution in [1.29, 1.82) is 0 Å². The van der Waals surface area contributed by atoms with Crippen LogP contribution in [0.5, 0.6) is 0 Å². The van der Waals surface area contributed by atoms with Crippen molar-refractivity contribution in [3.05, 3.63) is 57.9 Å². The summed E-state index contributed by atoms with van der Waals surface area (Å²) in [5.41, 5.74) is 1.37. The first kappa shape index (κ1) is 21.5. The third kappa shape index (κ3) is 3.59. The fourth-order valence-electron chi connectivity index (χ4n) is 3.67. The van der Waals surface area contributed by atoms with Crippen LogP contribution in [0.25, 0.3) is 0 Å². The van der Waals surface area contributed by atoms with E-state index in [2.05, 4.69) is 0 Å². The Labute approximate surface area is 172 Å². The molecule has 156 valence electrons. The largest absolute Gasteiger partial charge is 0.480 e. The van der Waals surface area contributed by atoms with Crippen molar-refractivity contribution in [2.75, 3.05) is 11.7 Å². The van der Waals surface area contributed by atoms with E-state index >= 15 is 0 Å². The molecule has 0 aliphatic carbocycles. The van der Waals surface area contributed by atoms with E-state index in [-0.39, 0.29) is 21.2 Å². The number of carbonyl (C=O) groups is 1. The number of hydrogen-bond donors (Lipinski definition) is 2. The molecule has 3 rings (SSSR count). The van der Waals surface area contributed by atoms with Gasteiger partial charge in [0.15, 0.2) is 0 Å². The third-order valence-electron chi connectivity index (χ3n) is 5.28. The minimum Gasteiger partial charge on any atom is -0.480 e. The standard InChI is InChI=1S/C19H20ClFN2O5S/c1-10-4-6-14(21)17(11(10)2)12(3)18(19(24)25)23-9-22(26)15-8-13(20)5-7-16(15)29(23,27)28/h4-8,12,18,26H,9H2,1-3H3,(H,24,25)/t12-,18+/m1/s1.